The molecular formula is C8H6F4N2O2. The van der Waals surface area contributed by atoms with Gasteiger partial charge >= 0.3 is 6.18 Å². The van der Waals surface area contributed by atoms with E-state index in [4.69, 9.17) is 0 Å². The van der Waals surface area contributed by atoms with Crippen molar-refractivity contribution in [2.75, 3.05) is 6.61 Å². The summed E-state index contributed by atoms with van der Waals surface area (Å²) in [5.41, 5.74) is 0.962. The van der Waals surface area contributed by atoms with E-state index in [1.54, 1.807) is 0 Å². The van der Waals surface area contributed by atoms with Crippen molar-refractivity contribution in [3.05, 3.63) is 29.8 Å². The van der Waals surface area contributed by atoms with Crippen molar-refractivity contribution in [2.24, 2.45) is 0 Å². The maximum Gasteiger partial charge on any atom is 0.414 e. The minimum atomic E-state index is -4.57. The Labute approximate surface area is 87.2 Å². The van der Waals surface area contributed by atoms with Gasteiger partial charge in [0.1, 0.15) is 0 Å². The molecule has 0 saturated heterocycles. The number of amides is 1. The van der Waals surface area contributed by atoms with Crippen LogP contribution in [0, 0.1) is 5.95 Å². The second-order valence-electron chi connectivity index (χ2n) is 2.68. The Bertz CT molecular complexity index is 381. The molecule has 0 aliphatic rings. The normalized spacial score (nSPS) is 11.2. The third-order valence-corrected chi connectivity index (χ3v) is 1.40. The molecule has 1 heterocycles. The molecule has 1 N–H and O–H groups in total. The molecule has 0 aliphatic carbocycles. The summed E-state index contributed by atoms with van der Waals surface area (Å²) in [4.78, 5) is 18.1. The number of hydrogen-bond donors (Lipinski definition) is 1. The summed E-state index contributed by atoms with van der Waals surface area (Å²) >= 11 is 0. The lowest BCUT2D eigenvalue weighted by Gasteiger charge is -2.08. The van der Waals surface area contributed by atoms with Crippen LogP contribution in [0.3, 0.4) is 0 Å². The van der Waals surface area contributed by atoms with Crippen LogP contribution in [0.4, 0.5) is 17.6 Å². The molecule has 4 nitrogen and oxygen atoms in total. The van der Waals surface area contributed by atoms with Gasteiger partial charge in [-0.25, -0.2) is 10.5 Å². The van der Waals surface area contributed by atoms with Gasteiger partial charge in [0, 0.05) is 6.20 Å². The summed E-state index contributed by atoms with van der Waals surface area (Å²) in [6, 6.07) is 2.33. The van der Waals surface area contributed by atoms with Gasteiger partial charge in [-0.3, -0.25) is 9.63 Å². The fraction of sp³-hybridized carbons (Fsp3) is 0.250. The fourth-order valence-electron chi connectivity index (χ4n) is 0.794. The van der Waals surface area contributed by atoms with Crippen LogP contribution < -0.4 is 5.48 Å². The predicted octanol–water partition coefficient (Wildman–Crippen LogP) is 1.44. The van der Waals surface area contributed by atoms with Crippen LogP contribution in [0.5, 0.6) is 0 Å². The van der Waals surface area contributed by atoms with Gasteiger partial charge in [-0.15, -0.1) is 0 Å². The van der Waals surface area contributed by atoms with Crippen LogP contribution in [0.1, 0.15) is 10.4 Å². The number of alkyl halides is 3. The first kappa shape index (κ1) is 12.4. The lowest BCUT2D eigenvalue weighted by Crippen LogP contribution is -2.30. The van der Waals surface area contributed by atoms with Crippen molar-refractivity contribution in [2.45, 2.75) is 6.18 Å². The van der Waals surface area contributed by atoms with Gasteiger partial charge in [0.05, 0.1) is 5.56 Å². The maximum absolute atomic E-state index is 12.9. The molecule has 0 fully saturated rings. The smallest absolute Gasteiger partial charge is 0.267 e. The molecule has 1 rings (SSSR count). The number of carbonyl (C=O) groups is 1. The second-order valence-corrected chi connectivity index (χ2v) is 2.68. The van der Waals surface area contributed by atoms with E-state index in [1.807, 2.05) is 0 Å². The van der Waals surface area contributed by atoms with Crippen molar-refractivity contribution in [3.63, 3.8) is 0 Å². The molecule has 0 spiro atoms. The lowest BCUT2D eigenvalue weighted by molar-refractivity contribution is -0.184. The number of rotatable bonds is 3. The summed E-state index contributed by atoms with van der Waals surface area (Å²) in [5.74, 6) is -2.22. The molecule has 0 aliphatic heterocycles. The number of hydrogen-bond acceptors (Lipinski definition) is 3. The van der Waals surface area contributed by atoms with Crippen LogP contribution in [0.2, 0.25) is 0 Å². The molecule has 0 saturated carbocycles. The topological polar surface area (TPSA) is 51.2 Å². The van der Waals surface area contributed by atoms with Crippen LogP contribution in [-0.2, 0) is 4.84 Å². The number of pyridine rings is 1. The van der Waals surface area contributed by atoms with E-state index < -0.39 is 30.2 Å². The maximum atomic E-state index is 12.9. The van der Waals surface area contributed by atoms with Crippen LogP contribution >= 0.6 is 0 Å². The van der Waals surface area contributed by atoms with Crippen molar-refractivity contribution in [1.82, 2.24) is 10.5 Å². The molecular weight excluding hydrogens is 232 g/mol. The second kappa shape index (κ2) is 4.88. The van der Waals surface area contributed by atoms with Gasteiger partial charge in [0.25, 0.3) is 5.91 Å². The summed E-state index contributed by atoms with van der Waals surface area (Å²) in [6.45, 7) is -1.65. The first-order chi connectivity index (χ1) is 7.40. The Kier molecular flexibility index (Phi) is 3.78. The Hall–Kier alpha value is -1.70. The molecule has 0 bridgehead atoms. The molecule has 0 atom stereocenters. The van der Waals surface area contributed by atoms with Gasteiger partial charge in [-0.05, 0) is 12.1 Å². The highest BCUT2D eigenvalue weighted by molar-refractivity contribution is 5.93. The molecule has 1 aromatic rings. The Morgan fingerprint density at radius 3 is 2.75 bits per heavy atom. The van der Waals surface area contributed by atoms with Crippen LogP contribution in [-0.4, -0.2) is 23.7 Å². The first-order valence-corrected chi connectivity index (χ1v) is 3.99. The van der Waals surface area contributed by atoms with E-state index in [9.17, 15) is 22.4 Å². The highest BCUT2D eigenvalue weighted by Crippen LogP contribution is 2.13. The number of nitrogens with zero attached hydrogens (tertiary/aromatic N) is 1. The zero-order valence-electron chi connectivity index (χ0n) is 7.71. The number of halogens is 4. The van der Waals surface area contributed by atoms with Gasteiger partial charge in [0.2, 0.25) is 5.95 Å². The minimum Gasteiger partial charge on any atom is -0.267 e. The zero-order chi connectivity index (χ0) is 12.2. The van der Waals surface area contributed by atoms with E-state index in [-0.39, 0.29) is 0 Å². The summed E-state index contributed by atoms with van der Waals surface area (Å²) < 4.78 is 47.7. The van der Waals surface area contributed by atoms with Crippen LogP contribution in [0.25, 0.3) is 0 Å². The molecule has 0 unspecified atom stereocenters. The molecule has 1 amide bonds. The monoisotopic (exact) mass is 238 g/mol. The van der Waals surface area contributed by atoms with E-state index in [1.165, 1.54) is 11.5 Å². The molecule has 1 aromatic heterocycles. The van der Waals surface area contributed by atoms with Gasteiger partial charge < -0.3 is 0 Å². The zero-order valence-corrected chi connectivity index (χ0v) is 7.71. The van der Waals surface area contributed by atoms with Crippen molar-refractivity contribution in [3.8, 4) is 0 Å². The molecule has 88 valence electrons. The van der Waals surface area contributed by atoms with Crippen molar-refractivity contribution >= 4 is 5.91 Å². The van der Waals surface area contributed by atoms with E-state index in [0.717, 1.165) is 12.3 Å². The Balaban J connectivity index is 2.51. The number of aromatic nitrogens is 1. The van der Waals surface area contributed by atoms with Gasteiger partial charge in [0.15, 0.2) is 6.61 Å². The summed E-state index contributed by atoms with van der Waals surface area (Å²) in [6.07, 6.45) is -3.47. The fourth-order valence-corrected chi connectivity index (χ4v) is 0.794. The summed E-state index contributed by atoms with van der Waals surface area (Å²) in [5, 5.41) is 0. The number of carbonyl (C=O) groups excluding carboxylic acids is 1. The highest BCUT2D eigenvalue weighted by Gasteiger charge is 2.28. The lowest BCUT2D eigenvalue weighted by atomic mass is 10.3. The number of nitrogens with one attached hydrogen (secondary N) is 1. The summed E-state index contributed by atoms with van der Waals surface area (Å²) in [7, 11) is 0. The van der Waals surface area contributed by atoms with Crippen molar-refractivity contribution < 1.29 is 27.2 Å². The Morgan fingerprint density at radius 2 is 2.19 bits per heavy atom. The Morgan fingerprint density at radius 1 is 1.50 bits per heavy atom. The average molecular weight is 238 g/mol. The van der Waals surface area contributed by atoms with E-state index in [2.05, 4.69) is 9.82 Å². The van der Waals surface area contributed by atoms with Crippen molar-refractivity contribution in [1.29, 1.82) is 0 Å². The van der Waals surface area contributed by atoms with Crippen LogP contribution in [0.15, 0.2) is 18.3 Å². The third kappa shape index (κ3) is 3.81. The molecule has 16 heavy (non-hydrogen) atoms. The largest absolute Gasteiger partial charge is 0.414 e. The highest BCUT2D eigenvalue weighted by atomic mass is 19.4. The molecule has 0 radical (unpaired) electrons. The first-order valence-electron chi connectivity index (χ1n) is 3.99. The number of hydroxylamine groups is 1. The van der Waals surface area contributed by atoms with Gasteiger partial charge in [-0.2, -0.15) is 17.6 Å². The quantitative estimate of drug-likeness (QED) is 0.492. The SMILES string of the molecule is O=C(NOCC(F)(F)F)c1cccnc1F. The van der Waals surface area contributed by atoms with E-state index in [0.29, 0.717) is 0 Å². The molecule has 0 aromatic carbocycles. The standard InChI is InChI=1S/C8H6F4N2O2/c9-6-5(2-1-3-13-6)7(15)14-16-4-8(10,11)12/h1-3H,4H2,(H,14,15). The third-order valence-electron chi connectivity index (χ3n) is 1.40. The van der Waals surface area contributed by atoms with E-state index >= 15 is 0 Å². The average Bonchev–Trinajstić information content (AvgIpc) is 2.16. The molecule has 8 heteroatoms. The predicted molar refractivity (Wildman–Crippen MR) is 43.7 cm³/mol. The van der Waals surface area contributed by atoms with Gasteiger partial charge in [-0.1, -0.05) is 0 Å². The minimum absolute atomic E-state index is 0.496.